The summed E-state index contributed by atoms with van der Waals surface area (Å²) in [6, 6.07) is 2.47. The molecule has 196 valence electrons. The summed E-state index contributed by atoms with van der Waals surface area (Å²) in [6.45, 7) is 3.35. The van der Waals surface area contributed by atoms with Gasteiger partial charge in [0.15, 0.2) is 0 Å². The molecule has 0 spiro atoms. The van der Waals surface area contributed by atoms with Gasteiger partial charge in [-0.25, -0.2) is 0 Å². The number of hydrogen-bond acceptors (Lipinski definition) is 7. The Balaban J connectivity index is 3.66. The lowest BCUT2D eigenvalue weighted by Gasteiger charge is -2.25. The summed E-state index contributed by atoms with van der Waals surface area (Å²) in [4.78, 5) is 23.9. The van der Waals surface area contributed by atoms with E-state index in [4.69, 9.17) is 22.1 Å². The number of unbranched alkanes of at least 4 members (excludes halogenated alkanes) is 4. The molecule has 2 N–H and O–H groups in total. The van der Waals surface area contributed by atoms with Crippen LogP contribution in [-0.2, 0) is 31.7 Å². The third-order valence-electron chi connectivity index (χ3n) is 6.06. The van der Waals surface area contributed by atoms with E-state index in [0.29, 0.717) is 32.0 Å². The molecule has 9 nitrogen and oxygen atoms in total. The molecular weight excluding hydrogens is 460 g/mol. The average Bonchev–Trinajstić information content (AvgIpc) is 2.84. The predicted octanol–water partition coefficient (Wildman–Crippen LogP) is 3.36. The first-order valence-corrected chi connectivity index (χ1v) is 16.3. The fraction of sp³-hybridized carbons (Fsp3) is 0.909. The number of amides is 2. The smallest absolute Gasteiger partial charge is 0.398 e. The van der Waals surface area contributed by atoms with Crippen molar-refractivity contribution in [3.8, 4) is 0 Å². The first kappa shape index (κ1) is 32.2. The Morgan fingerprint density at radius 1 is 0.606 bits per heavy atom. The van der Waals surface area contributed by atoms with Crippen LogP contribution in [0.25, 0.3) is 0 Å². The molecule has 0 heterocycles. The third kappa shape index (κ3) is 14.2. The molecule has 0 saturated carbocycles. The van der Waals surface area contributed by atoms with Crippen LogP contribution in [0.1, 0.15) is 64.7 Å². The second-order valence-corrected chi connectivity index (χ2v) is 15.1. The van der Waals surface area contributed by atoms with Gasteiger partial charge in [0.2, 0.25) is 11.8 Å². The first-order valence-electron chi connectivity index (χ1n) is 12.2. The van der Waals surface area contributed by atoms with Crippen molar-refractivity contribution < 1.29 is 31.7 Å². The van der Waals surface area contributed by atoms with Gasteiger partial charge in [-0.05, 0) is 37.8 Å². The molecule has 0 aliphatic carbocycles. The highest BCUT2D eigenvalue weighted by Crippen LogP contribution is 2.18. The molecule has 0 aromatic heterocycles. The largest absolute Gasteiger partial charge is 0.500 e. The second-order valence-electron chi connectivity index (χ2n) is 8.14. The van der Waals surface area contributed by atoms with Gasteiger partial charge in [-0.2, -0.15) is 0 Å². The molecule has 0 aromatic rings. The predicted molar refractivity (Wildman–Crippen MR) is 134 cm³/mol. The van der Waals surface area contributed by atoms with Crippen LogP contribution < -0.4 is 10.6 Å². The van der Waals surface area contributed by atoms with Crippen molar-refractivity contribution >= 4 is 29.2 Å². The Morgan fingerprint density at radius 2 is 1.03 bits per heavy atom. The minimum Gasteiger partial charge on any atom is -0.398 e. The minimum absolute atomic E-state index is 0.0750. The maximum absolute atomic E-state index is 12.0. The number of hydrogen-bond donors (Lipinski definition) is 2. The van der Waals surface area contributed by atoms with Crippen LogP contribution in [0.4, 0.5) is 0 Å². The van der Waals surface area contributed by atoms with E-state index >= 15 is 0 Å². The summed E-state index contributed by atoms with van der Waals surface area (Å²) in [6.07, 6.45) is 7.52. The fourth-order valence-corrected chi connectivity index (χ4v) is 7.65. The van der Waals surface area contributed by atoms with Gasteiger partial charge in [0.05, 0.1) is 0 Å². The van der Waals surface area contributed by atoms with Gasteiger partial charge >= 0.3 is 17.4 Å². The lowest BCUT2D eigenvalue weighted by molar-refractivity contribution is -0.121. The maximum Gasteiger partial charge on any atom is 0.500 e. The summed E-state index contributed by atoms with van der Waals surface area (Å²) in [5.41, 5.74) is 0. The summed E-state index contributed by atoms with van der Waals surface area (Å²) in [5.74, 6) is 0.182. The highest BCUT2D eigenvalue weighted by Gasteiger charge is 2.36. The Morgan fingerprint density at radius 3 is 1.42 bits per heavy atom. The van der Waals surface area contributed by atoms with Crippen molar-refractivity contribution in [3.05, 3.63) is 0 Å². The maximum atomic E-state index is 12.0. The van der Waals surface area contributed by atoms with Crippen molar-refractivity contribution in [1.29, 1.82) is 0 Å². The van der Waals surface area contributed by atoms with E-state index < -0.39 is 17.4 Å². The third-order valence-corrected chi connectivity index (χ3v) is 12.6. The van der Waals surface area contributed by atoms with E-state index in [1.165, 1.54) is 0 Å². The SMILES string of the molecule is CC[Si](CCCNC(=O)CCCCCCCC(=O)NCCC[Si](OC)(OC)OC)(OC)OC. The topological polar surface area (TPSA) is 104 Å². The van der Waals surface area contributed by atoms with Gasteiger partial charge in [-0.15, -0.1) is 0 Å². The van der Waals surface area contributed by atoms with Crippen LogP contribution >= 0.6 is 0 Å². The van der Waals surface area contributed by atoms with Gasteiger partial charge in [0, 0.05) is 67.5 Å². The van der Waals surface area contributed by atoms with Gasteiger partial charge in [0.1, 0.15) is 0 Å². The van der Waals surface area contributed by atoms with Crippen LogP contribution in [-0.4, -0.2) is 77.8 Å². The van der Waals surface area contributed by atoms with E-state index in [-0.39, 0.29) is 11.8 Å². The van der Waals surface area contributed by atoms with E-state index in [2.05, 4.69) is 17.6 Å². The Bertz CT molecular complexity index is 458. The van der Waals surface area contributed by atoms with Gasteiger partial charge in [0.25, 0.3) is 0 Å². The Kier molecular flexibility index (Phi) is 19.0. The standard InChI is InChI=1S/C22H48N2O7Si2/c1-7-32(27-2,28-3)19-13-17-23-21(25)15-11-9-8-10-12-16-22(26)24-18-14-20-33(29-4,30-5)31-6/h7-20H2,1-6H3,(H,23,25)(H,24,26). The van der Waals surface area contributed by atoms with Crippen LogP contribution in [0.3, 0.4) is 0 Å². The molecule has 0 rings (SSSR count). The average molecular weight is 509 g/mol. The minimum atomic E-state index is -2.55. The van der Waals surface area contributed by atoms with Crippen LogP contribution in [0.15, 0.2) is 0 Å². The quantitative estimate of drug-likeness (QED) is 0.171. The van der Waals surface area contributed by atoms with Crippen molar-refractivity contribution in [2.75, 3.05) is 48.6 Å². The summed E-state index contributed by atoms with van der Waals surface area (Å²) in [5, 5.41) is 5.93. The first-order chi connectivity index (χ1) is 15.9. The molecule has 0 unspecified atom stereocenters. The van der Waals surface area contributed by atoms with Gasteiger partial charge < -0.3 is 32.8 Å². The molecule has 0 saturated heterocycles. The van der Waals surface area contributed by atoms with Crippen LogP contribution in [0, 0.1) is 0 Å². The highest BCUT2D eigenvalue weighted by molar-refractivity contribution is 6.67. The Labute approximate surface area is 203 Å². The summed E-state index contributed by atoms with van der Waals surface area (Å²) >= 11 is 0. The normalized spacial score (nSPS) is 12.1. The highest BCUT2D eigenvalue weighted by atomic mass is 28.4. The lowest BCUT2D eigenvalue weighted by atomic mass is 10.1. The summed E-state index contributed by atoms with van der Waals surface area (Å²) < 4.78 is 27.3. The molecule has 11 heteroatoms. The molecule has 0 fully saturated rings. The van der Waals surface area contributed by atoms with Crippen molar-refractivity contribution in [2.45, 2.75) is 82.8 Å². The zero-order valence-electron chi connectivity index (χ0n) is 21.8. The lowest BCUT2D eigenvalue weighted by Crippen LogP contribution is -2.43. The molecule has 0 bridgehead atoms. The van der Waals surface area contributed by atoms with Crippen molar-refractivity contribution in [3.63, 3.8) is 0 Å². The molecule has 33 heavy (non-hydrogen) atoms. The Hall–Kier alpha value is -0.826. The van der Waals surface area contributed by atoms with E-state index in [9.17, 15) is 9.59 Å². The second kappa shape index (κ2) is 19.5. The molecule has 2 amide bonds. The number of carbonyl (C=O) groups is 2. The number of nitrogens with one attached hydrogen (secondary N) is 2. The molecule has 0 aromatic carbocycles. The number of rotatable bonds is 22. The molecule has 0 radical (unpaired) electrons. The van der Waals surface area contributed by atoms with E-state index in [1.807, 2.05) is 0 Å². The number of carbonyl (C=O) groups excluding carboxylic acids is 2. The van der Waals surface area contributed by atoms with Gasteiger partial charge in [-0.3, -0.25) is 9.59 Å². The van der Waals surface area contributed by atoms with Gasteiger partial charge in [-0.1, -0.05) is 26.2 Å². The van der Waals surface area contributed by atoms with Crippen molar-refractivity contribution in [1.82, 2.24) is 10.6 Å². The van der Waals surface area contributed by atoms with E-state index in [1.54, 1.807) is 35.5 Å². The van der Waals surface area contributed by atoms with Crippen molar-refractivity contribution in [2.24, 2.45) is 0 Å². The fourth-order valence-electron chi connectivity index (χ4n) is 3.71. The molecular formula is C22H48N2O7Si2. The van der Waals surface area contributed by atoms with E-state index in [0.717, 1.165) is 57.0 Å². The zero-order valence-corrected chi connectivity index (χ0v) is 23.8. The monoisotopic (exact) mass is 508 g/mol. The summed E-state index contributed by atoms with van der Waals surface area (Å²) in [7, 11) is 3.59. The molecule has 0 aliphatic heterocycles. The molecule has 0 aliphatic rings. The van der Waals surface area contributed by atoms with Crippen LogP contribution in [0.5, 0.6) is 0 Å². The van der Waals surface area contributed by atoms with Crippen LogP contribution in [0.2, 0.25) is 18.1 Å². The molecule has 0 atom stereocenters. The zero-order chi connectivity index (χ0) is 25.0.